The van der Waals surface area contributed by atoms with E-state index in [1.54, 1.807) is 11.3 Å². The van der Waals surface area contributed by atoms with Crippen molar-refractivity contribution in [1.29, 1.82) is 0 Å². The molecule has 0 bridgehead atoms. The second kappa shape index (κ2) is 7.58. The summed E-state index contributed by atoms with van der Waals surface area (Å²) in [6, 6.07) is 34.8. The number of para-hydroxylation sites is 1. The van der Waals surface area contributed by atoms with Gasteiger partial charge in [0.05, 0.1) is 25.6 Å². The van der Waals surface area contributed by atoms with E-state index in [1.807, 2.05) is 11.3 Å². The van der Waals surface area contributed by atoms with Crippen molar-refractivity contribution in [3.05, 3.63) is 107 Å². The van der Waals surface area contributed by atoms with Crippen LogP contribution in [0, 0.1) is 0 Å². The smallest absolute Gasteiger partial charge is 0.197 e. The van der Waals surface area contributed by atoms with Crippen LogP contribution in [0.1, 0.15) is 0 Å². The van der Waals surface area contributed by atoms with Crippen LogP contribution >= 0.6 is 34.3 Å². The van der Waals surface area contributed by atoms with E-state index < -0.39 is 5.62 Å². The number of aromatic nitrogens is 1. The number of hydrogen-bond donors (Lipinski definition) is 1. The molecule has 4 heterocycles. The van der Waals surface area contributed by atoms with Crippen LogP contribution in [0.5, 0.6) is 0 Å². The summed E-state index contributed by atoms with van der Waals surface area (Å²) in [5.41, 5.74) is 1.83. The van der Waals surface area contributed by atoms with Crippen LogP contribution in [-0.4, -0.2) is 10.2 Å². The average molecular weight is 544 g/mol. The van der Waals surface area contributed by atoms with Crippen molar-refractivity contribution < 1.29 is 0 Å². The van der Waals surface area contributed by atoms with Gasteiger partial charge in [-0.1, -0.05) is 90.5 Å². The summed E-state index contributed by atoms with van der Waals surface area (Å²) >= 11 is 10.4. The minimum Gasteiger partial charge on any atom is -0.336 e. The van der Waals surface area contributed by atoms with Crippen molar-refractivity contribution in [2.75, 3.05) is 0 Å². The number of hydrogen-bond acceptors (Lipinski definition) is 4. The third-order valence-electron chi connectivity index (χ3n) is 7.66. The Morgan fingerprint density at radius 2 is 1.26 bits per heavy atom. The first-order valence-electron chi connectivity index (χ1n) is 12.5. The first-order valence-corrected chi connectivity index (χ1v) is 14.6. The number of thiophene rings is 2. The molecule has 0 radical (unpaired) electrons. The lowest BCUT2D eigenvalue weighted by Crippen LogP contribution is -2.41. The Balaban J connectivity index is 1.62. The van der Waals surface area contributed by atoms with Crippen LogP contribution in [0.4, 0.5) is 0 Å². The number of fused-ring (bicyclic) bond motifs is 13. The summed E-state index contributed by atoms with van der Waals surface area (Å²) in [5, 5.41) is 13.4. The molecule has 1 unspecified atom stereocenters. The maximum Gasteiger partial charge on any atom is 0.197 e. The number of rotatable bonds is 1. The fourth-order valence-corrected chi connectivity index (χ4v) is 8.78. The molecule has 0 saturated carbocycles. The maximum absolute atomic E-state index is 6.79. The highest BCUT2D eigenvalue weighted by atomic mass is 35.5. The molecule has 180 valence electrons. The van der Waals surface area contributed by atoms with Crippen LogP contribution in [-0.2, 0) is 0 Å². The van der Waals surface area contributed by atoms with Crippen LogP contribution < -0.4 is 15.2 Å². The minimum absolute atomic E-state index is 0.551. The summed E-state index contributed by atoms with van der Waals surface area (Å²) in [6.07, 6.45) is 0. The molecule has 0 aliphatic carbocycles. The zero-order chi connectivity index (χ0) is 25.0. The SMILES string of the molecule is ClC1N=c2c(sc3ccccc23)=C(n2c3ccccc3c3c4ccccc4c4c5ccccc5sc4c32)N1. The molecule has 38 heavy (non-hydrogen) atoms. The largest absolute Gasteiger partial charge is 0.336 e. The summed E-state index contributed by atoms with van der Waals surface area (Å²) < 4.78 is 7.33. The average Bonchev–Trinajstić information content (AvgIpc) is 3.63. The molecule has 0 spiro atoms. The Bertz CT molecular complexity index is 2410. The third kappa shape index (κ3) is 2.66. The number of nitrogens with one attached hydrogen (secondary N) is 1. The van der Waals surface area contributed by atoms with Crippen molar-refractivity contribution in [1.82, 2.24) is 9.88 Å². The molecule has 3 nitrogen and oxygen atoms in total. The van der Waals surface area contributed by atoms with Gasteiger partial charge in [0.1, 0.15) is 5.82 Å². The monoisotopic (exact) mass is 543 g/mol. The molecule has 1 aliphatic heterocycles. The van der Waals surface area contributed by atoms with Crippen LogP contribution in [0.15, 0.2) is 102 Å². The molecular weight excluding hydrogens is 526 g/mol. The lowest BCUT2D eigenvalue weighted by molar-refractivity contribution is 0.754. The molecule has 9 rings (SSSR count). The summed E-state index contributed by atoms with van der Waals surface area (Å²) in [4.78, 5) is 4.83. The highest BCUT2D eigenvalue weighted by Gasteiger charge is 2.25. The second-order valence-corrected chi connectivity index (χ2v) is 12.2. The third-order valence-corrected chi connectivity index (χ3v) is 10.2. The van der Waals surface area contributed by atoms with Gasteiger partial charge >= 0.3 is 0 Å². The molecule has 1 N–H and O–H groups in total. The predicted octanol–water partition coefficient (Wildman–Crippen LogP) is 7.89. The second-order valence-electron chi connectivity index (χ2n) is 9.66. The summed E-state index contributed by atoms with van der Waals surface area (Å²) in [5.74, 6) is 0.997. The standard InChI is InChI=1S/C32H18ClN3S2/c33-32-34-27-21-13-5-8-16-24(21)38-30(27)31(35-32)36-22-14-6-3-11-19(22)25-17-9-1-2-10-18(17)26-20-12-4-7-15-23(20)37-29(26)28(25)36/h1-16,32,35H. The Kier molecular flexibility index (Phi) is 4.20. The molecule has 0 fully saturated rings. The molecule has 0 saturated heterocycles. The van der Waals surface area contributed by atoms with Gasteiger partial charge in [-0.25, -0.2) is 4.99 Å². The van der Waals surface area contributed by atoms with E-state index in [0.717, 1.165) is 26.6 Å². The van der Waals surface area contributed by atoms with Gasteiger partial charge in [0.15, 0.2) is 5.62 Å². The van der Waals surface area contributed by atoms with Gasteiger partial charge in [-0.3, -0.25) is 4.57 Å². The highest BCUT2D eigenvalue weighted by Crippen LogP contribution is 2.47. The van der Waals surface area contributed by atoms with E-state index in [-0.39, 0.29) is 0 Å². The molecular formula is C32H18ClN3S2. The number of alkyl halides is 1. The fourth-order valence-electron chi connectivity index (χ4n) is 6.17. The lowest BCUT2D eigenvalue weighted by Gasteiger charge is -2.19. The van der Waals surface area contributed by atoms with Crippen molar-refractivity contribution in [3.8, 4) is 0 Å². The topological polar surface area (TPSA) is 29.3 Å². The number of halogens is 1. The van der Waals surface area contributed by atoms with E-state index >= 15 is 0 Å². The van der Waals surface area contributed by atoms with E-state index in [1.165, 1.54) is 51.9 Å². The van der Waals surface area contributed by atoms with Gasteiger partial charge in [-0.2, -0.15) is 0 Å². The van der Waals surface area contributed by atoms with E-state index in [0.29, 0.717) is 0 Å². The zero-order valence-electron chi connectivity index (χ0n) is 19.9. The van der Waals surface area contributed by atoms with Gasteiger partial charge in [0.25, 0.3) is 0 Å². The molecule has 1 aliphatic rings. The Morgan fingerprint density at radius 1 is 0.658 bits per heavy atom. The van der Waals surface area contributed by atoms with Gasteiger partial charge in [-0.15, -0.1) is 22.7 Å². The van der Waals surface area contributed by atoms with Crippen LogP contribution in [0.3, 0.4) is 0 Å². The van der Waals surface area contributed by atoms with E-state index in [2.05, 4.69) is 107 Å². The lowest BCUT2D eigenvalue weighted by atomic mass is 9.99. The Hall–Kier alpha value is -3.90. The number of benzene rings is 5. The minimum atomic E-state index is -0.551. The first kappa shape index (κ1) is 21.1. The molecule has 1 atom stereocenters. The molecule has 3 aromatic heterocycles. The first-order chi connectivity index (χ1) is 18.8. The molecule has 5 aromatic carbocycles. The fraction of sp³-hybridized carbons (Fsp3) is 0.0312. The van der Waals surface area contributed by atoms with Gasteiger partial charge < -0.3 is 5.32 Å². The predicted molar refractivity (Wildman–Crippen MR) is 164 cm³/mol. The maximum atomic E-state index is 6.79. The Morgan fingerprint density at radius 3 is 2.05 bits per heavy atom. The van der Waals surface area contributed by atoms with Crippen LogP contribution in [0.25, 0.3) is 68.7 Å². The van der Waals surface area contributed by atoms with Gasteiger partial charge in [-0.05, 0) is 29.0 Å². The van der Waals surface area contributed by atoms with Crippen molar-refractivity contribution >= 4 is 103 Å². The molecule has 8 aromatic rings. The van der Waals surface area contributed by atoms with Gasteiger partial charge in [0, 0.05) is 36.3 Å². The van der Waals surface area contributed by atoms with Crippen molar-refractivity contribution in [2.45, 2.75) is 5.62 Å². The normalized spacial score (nSPS) is 15.6. The van der Waals surface area contributed by atoms with Crippen molar-refractivity contribution in [2.24, 2.45) is 4.99 Å². The van der Waals surface area contributed by atoms with E-state index in [4.69, 9.17) is 16.6 Å². The quantitative estimate of drug-likeness (QED) is 0.165. The zero-order valence-corrected chi connectivity index (χ0v) is 22.3. The van der Waals surface area contributed by atoms with Gasteiger partial charge in [0.2, 0.25) is 0 Å². The summed E-state index contributed by atoms with van der Waals surface area (Å²) in [6.45, 7) is 0. The molecule has 6 heteroatoms. The number of nitrogens with zero attached hydrogens (tertiary/aromatic N) is 2. The van der Waals surface area contributed by atoms with Crippen LogP contribution in [0.2, 0.25) is 0 Å². The van der Waals surface area contributed by atoms with Crippen molar-refractivity contribution in [3.63, 3.8) is 0 Å². The van der Waals surface area contributed by atoms with E-state index in [9.17, 15) is 0 Å². The highest BCUT2D eigenvalue weighted by molar-refractivity contribution is 7.27. The Labute approximate surface area is 229 Å². The molecule has 0 amide bonds. The summed E-state index contributed by atoms with van der Waals surface area (Å²) in [7, 11) is 0.